The van der Waals surface area contributed by atoms with E-state index in [-0.39, 0.29) is 22.7 Å². The van der Waals surface area contributed by atoms with Gasteiger partial charge < -0.3 is 9.53 Å². The monoisotopic (exact) mass is 374 g/mol. The number of hydrogen-bond donors (Lipinski definition) is 1. The molecule has 1 N–H and O–H groups in total. The Bertz CT molecular complexity index is 636. The van der Waals surface area contributed by atoms with Crippen molar-refractivity contribution in [2.75, 3.05) is 6.54 Å². The van der Waals surface area contributed by atoms with Crippen LogP contribution in [0.1, 0.15) is 38.8 Å². The van der Waals surface area contributed by atoms with Crippen LogP contribution in [0.4, 0.5) is 9.18 Å². The van der Waals surface area contributed by atoms with E-state index in [0.29, 0.717) is 12.0 Å². The van der Waals surface area contributed by atoms with Crippen LogP contribution in [0.3, 0.4) is 0 Å². The SMILES string of the molecule is CC(C)(C)[Si](C)(C)O[C@@H]1CC(c2cncc(F)c2Cl)N(C(=O)O)C1. The molecule has 1 fully saturated rings. The van der Waals surface area contributed by atoms with E-state index in [4.69, 9.17) is 16.0 Å². The third kappa shape index (κ3) is 3.73. The van der Waals surface area contributed by atoms with Gasteiger partial charge in [-0.1, -0.05) is 32.4 Å². The van der Waals surface area contributed by atoms with Crippen molar-refractivity contribution in [2.24, 2.45) is 0 Å². The molecule has 1 aromatic heterocycles. The quantitative estimate of drug-likeness (QED) is 0.779. The van der Waals surface area contributed by atoms with E-state index in [1.165, 1.54) is 11.1 Å². The van der Waals surface area contributed by atoms with Gasteiger partial charge in [-0.25, -0.2) is 9.18 Å². The lowest BCUT2D eigenvalue weighted by molar-refractivity contribution is 0.132. The van der Waals surface area contributed by atoms with Crippen molar-refractivity contribution in [1.82, 2.24) is 9.88 Å². The van der Waals surface area contributed by atoms with Crippen LogP contribution in [-0.2, 0) is 4.43 Å². The molecule has 1 saturated heterocycles. The molecule has 2 atom stereocenters. The van der Waals surface area contributed by atoms with E-state index >= 15 is 0 Å². The van der Waals surface area contributed by atoms with Crippen LogP contribution in [0.5, 0.6) is 0 Å². The van der Waals surface area contributed by atoms with E-state index in [2.05, 4.69) is 38.8 Å². The highest BCUT2D eigenvalue weighted by molar-refractivity contribution is 6.74. The topological polar surface area (TPSA) is 62.7 Å². The van der Waals surface area contributed by atoms with Gasteiger partial charge in [0.05, 0.1) is 23.4 Å². The van der Waals surface area contributed by atoms with Gasteiger partial charge in [-0.2, -0.15) is 0 Å². The summed E-state index contributed by atoms with van der Waals surface area (Å²) in [5.74, 6) is -0.645. The van der Waals surface area contributed by atoms with Crippen molar-refractivity contribution in [2.45, 2.75) is 57.5 Å². The summed E-state index contributed by atoms with van der Waals surface area (Å²) in [6, 6.07) is -0.548. The number of aromatic nitrogens is 1. The van der Waals surface area contributed by atoms with Gasteiger partial charge in [0.2, 0.25) is 0 Å². The summed E-state index contributed by atoms with van der Waals surface area (Å²) in [6.07, 6.45) is 1.60. The molecule has 1 unspecified atom stereocenters. The van der Waals surface area contributed by atoms with Crippen molar-refractivity contribution in [3.63, 3.8) is 0 Å². The largest absolute Gasteiger partial charge is 0.465 e. The van der Waals surface area contributed by atoms with E-state index in [9.17, 15) is 14.3 Å². The first-order chi connectivity index (χ1) is 10.9. The van der Waals surface area contributed by atoms with Crippen LogP contribution in [0, 0.1) is 5.82 Å². The van der Waals surface area contributed by atoms with E-state index in [1.54, 1.807) is 0 Å². The van der Waals surface area contributed by atoms with Crippen LogP contribution in [0.2, 0.25) is 23.2 Å². The van der Waals surface area contributed by atoms with Crippen molar-refractivity contribution in [3.05, 3.63) is 28.8 Å². The first-order valence-corrected chi connectivity index (χ1v) is 11.2. The molecule has 0 aliphatic carbocycles. The summed E-state index contributed by atoms with van der Waals surface area (Å²) < 4.78 is 20.0. The zero-order chi connectivity index (χ0) is 18.3. The van der Waals surface area contributed by atoms with Gasteiger partial charge in [-0.15, -0.1) is 0 Å². The predicted molar refractivity (Wildman–Crippen MR) is 93.4 cm³/mol. The normalized spacial score (nSPS) is 22.0. The number of pyridine rings is 1. The smallest absolute Gasteiger partial charge is 0.407 e. The Hall–Kier alpha value is -1.18. The molecule has 2 rings (SSSR count). The van der Waals surface area contributed by atoms with Crippen molar-refractivity contribution in [3.8, 4) is 0 Å². The summed E-state index contributed by atoms with van der Waals surface area (Å²) in [5, 5.41) is 9.46. The zero-order valence-corrected chi connectivity index (χ0v) is 16.4. The van der Waals surface area contributed by atoms with Crippen LogP contribution < -0.4 is 0 Å². The van der Waals surface area contributed by atoms with Crippen molar-refractivity contribution >= 4 is 26.0 Å². The summed E-state index contributed by atoms with van der Waals surface area (Å²) in [7, 11) is -2.03. The third-order valence-corrected chi connectivity index (χ3v) is 9.93. The van der Waals surface area contributed by atoms with E-state index < -0.39 is 26.3 Å². The third-order valence-electron chi connectivity index (χ3n) is 5.00. The molecule has 0 radical (unpaired) electrons. The maximum Gasteiger partial charge on any atom is 0.407 e. The number of likely N-dealkylation sites (tertiary alicyclic amines) is 1. The summed E-state index contributed by atoms with van der Waals surface area (Å²) in [4.78, 5) is 16.7. The molecular weight excluding hydrogens is 351 g/mol. The highest BCUT2D eigenvalue weighted by atomic mass is 35.5. The molecule has 2 heterocycles. The lowest BCUT2D eigenvalue weighted by Gasteiger charge is -2.38. The fraction of sp³-hybridized carbons (Fsp3) is 0.625. The minimum Gasteiger partial charge on any atom is -0.465 e. The average molecular weight is 375 g/mol. The van der Waals surface area contributed by atoms with E-state index in [0.717, 1.165) is 6.20 Å². The number of hydrogen-bond acceptors (Lipinski definition) is 3. The van der Waals surface area contributed by atoms with Crippen LogP contribution in [0.15, 0.2) is 12.4 Å². The molecule has 0 saturated carbocycles. The number of halogens is 2. The molecule has 0 aromatic carbocycles. The standard InChI is InChI=1S/C16H24ClFN2O3Si/c1-16(2,3)24(4,5)23-10-6-13(20(9-10)15(21)22)11-7-19-8-12(18)14(11)17/h7-8,10,13H,6,9H2,1-5H3,(H,21,22)/t10-,13?/m1/s1. The van der Waals surface area contributed by atoms with Gasteiger partial charge in [0.25, 0.3) is 0 Å². The Morgan fingerprint density at radius 1 is 1.46 bits per heavy atom. The lowest BCUT2D eigenvalue weighted by atomic mass is 10.1. The number of carboxylic acid groups (broad SMARTS) is 1. The van der Waals surface area contributed by atoms with E-state index in [1.807, 2.05) is 0 Å². The highest BCUT2D eigenvalue weighted by Crippen LogP contribution is 2.42. The lowest BCUT2D eigenvalue weighted by Crippen LogP contribution is -2.44. The fourth-order valence-electron chi connectivity index (χ4n) is 2.65. The van der Waals surface area contributed by atoms with Gasteiger partial charge in [0.15, 0.2) is 14.1 Å². The van der Waals surface area contributed by atoms with Gasteiger partial charge in [0, 0.05) is 18.3 Å². The fourth-order valence-corrected chi connectivity index (χ4v) is 4.23. The van der Waals surface area contributed by atoms with Gasteiger partial charge >= 0.3 is 6.09 Å². The van der Waals surface area contributed by atoms with Crippen LogP contribution in [-0.4, -0.2) is 42.0 Å². The Kier molecular flexibility index (Phi) is 5.27. The molecule has 1 aromatic rings. The van der Waals surface area contributed by atoms with Gasteiger partial charge in [-0.3, -0.25) is 9.88 Å². The Labute approximate surface area is 147 Å². The number of rotatable bonds is 3. The van der Waals surface area contributed by atoms with Gasteiger partial charge in [0.1, 0.15) is 0 Å². The summed E-state index contributed by atoms with van der Waals surface area (Å²) in [5.41, 5.74) is 0.389. The predicted octanol–water partition coefficient (Wildman–Crippen LogP) is 4.69. The maximum absolute atomic E-state index is 13.7. The van der Waals surface area contributed by atoms with Crippen molar-refractivity contribution < 1.29 is 18.7 Å². The second-order valence-corrected chi connectivity index (χ2v) is 12.8. The zero-order valence-electron chi connectivity index (χ0n) is 14.6. The first-order valence-electron chi connectivity index (χ1n) is 7.90. The molecular formula is C16H24ClFN2O3Si. The number of amides is 1. The Balaban J connectivity index is 2.27. The number of nitrogens with zero attached hydrogens (tertiary/aromatic N) is 2. The molecule has 1 amide bonds. The molecule has 0 bridgehead atoms. The molecule has 1 aliphatic rings. The van der Waals surface area contributed by atoms with Crippen molar-refractivity contribution in [1.29, 1.82) is 0 Å². The number of carbonyl (C=O) groups is 1. The summed E-state index contributed by atoms with van der Waals surface area (Å²) >= 11 is 6.03. The molecule has 24 heavy (non-hydrogen) atoms. The second kappa shape index (κ2) is 6.61. The minimum atomic E-state index is -2.03. The van der Waals surface area contributed by atoms with Crippen LogP contribution >= 0.6 is 11.6 Å². The van der Waals surface area contributed by atoms with Gasteiger partial charge in [-0.05, 0) is 24.6 Å². The highest BCUT2D eigenvalue weighted by Gasteiger charge is 2.44. The second-order valence-electron chi connectivity index (χ2n) is 7.71. The average Bonchev–Trinajstić information content (AvgIpc) is 2.83. The summed E-state index contributed by atoms with van der Waals surface area (Å²) in [6.45, 7) is 10.9. The first kappa shape index (κ1) is 19.1. The maximum atomic E-state index is 13.7. The molecule has 5 nitrogen and oxygen atoms in total. The minimum absolute atomic E-state index is 0.0250. The molecule has 1 aliphatic heterocycles. The van der Waals surface area contributed by atoms with Crippen LogP contribution in [0.25, 0.3) is 0 Å². The molecule has 8 heteroatoms. The Morgan fingerprint density at radius 2 is 2.08 bits per heavy atom. The Morgan fingerprint density at radius 3 is 2.62 bits per heavy atom. The molecule has 134 valence electrons. The molecule has 0 spiro atoms.